The molecule has 1 aromatic heterocycles. The van der Waals surface area contributed by atoms with Gasteiger partial charge in [-0.2, -0.15) is 0 Å². The molecule has 0 amide bonds. The first-order valence-electron chi connectivity index (χ1n) is 6.57. The van der Waals surface area contributed by atoms with Crippen LogP contribution < -0.4 is 5.63 Å². The third-order valence-electron chi connectivity index (χ3n) is 1.74. The van der Waals surface area contributed by atoms with Crippen LogP contribution in [0.2, 0.25) is 0 Å². The summed E-state index contributed by atoms with van der Waals surface area (Å²) in [6, 6.07) is 5.64. The topological polar surface area (TPSA) is 152 Å². The molecule has 2 rings (SSSR count). The van der Waals surface area contributed by atoms with Crippen LogP contribution in [0.4, 0.5) is 0 Å². The van der Waals surface area contributed by atoms with Crippen molar-refractivity contribution < 1.29 is 35.1 Å². The van der Waals surface area contributed by atoms with E-state index in [4.69, 9.17) is 29.9 Å². The fourth-order valence-corrected chi connectivity index (χ4v) is 1.11. The van der Waals surface area contributed by atoms with Crippen LogP contribution in [0.25, 0.3) is 11.0 Å². The molecule has 8 nitrogen and oxygen atoms in total. The minimum Gasteiger partial charge on any atom is -0.504 e. The van der Waals surface area contributed by atoms with Crippen molar-refractivity contribution in [1.29, 1.82) is 0 Å². The Morgan fingerprint density at radius 3 is 1.67 bits per heavy atom. The molecule has 0 aliphatic rings. The number of rotatable bonds is 0. The summed E-state index contributed by atoms with van der Waals surface area (Å²) in [5, 5.41) is 48.1. The number of benzene rings is 1. The molecule has 24 heavy (non-hydrogen) atoms. The van der Waals surface area contributed by atoms with Gasteiger partial charge in [-0.05, 0) is 32.0 Å². The predicted molar refractivity (Wildman–Crippen MR) is 93.4 cm³/mol. The first-order valence-corrected chi connectivity index (χ1v) is 6.57. The third kappa shape index (κ3) is 12.9. The van der Waals surface area contributed by atoms with E-state index in [9.17, 15) is 9.90 Å². The molecule has 0 atom stereocenters. The Labute approximate surface area is 151 Å². The number of phenols is 2. The normalized spacial score (nSPS) is 7.67. The SMILES string of the molecule is CCO.CCO.CO.CO.O=c1ccc2ccc(O)c(O)c2o1.[Ge+4]. The Hall–Kier alpha value is -1.59. The average molecular weight is 407 g/mol. The zero-order chi connectivity index (χ0) is 18.8. The Morgan fingerprint density at radius 1 is 0.875 bits per heavy atom. The largest absolute Gasteiger partial charge is 4.00 e. The second-order valence-corrected chi connectivity index (χ2v) is 3.24. The van der Waals surface area contributed by atoms with Gasteiger partial charge in [-0.3, -0.25) is 0 Å². The van der Waals surface area contributed by atoms with Gasteiger partial charge in [-0.25, -0.2) is 4.79 Å². The molecule has 0 unspecified atom stereocenters. The Morgan fingerprint density at radius 2 is 1.25 bits per heavy atom. The maximum Gasteiger partial charge on any atom is 4.00 e. The van der Waals surface area contributed by atoms with Crippen molar-refractivity contribution in [2.45, 2.75) is 13.8 Å². The van der Waals surface area contributed by atoms with Gasteiger partial charge < -0.3 is 35.1 Å². The van der Waals surface area contributed by atoms with Crippen molar-refractivity contribution in [3.8, 4) is 11.5 Å². The minimum atomic E-state index is -0.562. The number of phenolic OH excluding ortho intramolecular Hbond substituents is 2. The summed E-state index contributed by atoms with van der Waals surface area (Å²) in [7, 11) is 2.00. The summed E-state index contributed by atoms with van der Waals surface area (Å²) < 4.78 is 4.71. The second-order valence-electron chi connectivity index (χ2n) is 3.24. The molecule has 2 aromatic rings. The summed E-state index contributed by atoms with van der Waals surface area (Å²) in [6.07, 6.45) is 0. The number of hydrogen-bond acceptors (Lipinski definition) is 8. The summed E-state index contributed by atoms with van der Waals surface area (Å²) in [6.45, 7) is 3.86. The Balaban J connectivity index is -0.000000155. The Bertz CT molecular complexity index is 555. The number of aromatic hydroxyl groups is 2. The van der Waals surface area contributed by atoms with Gasteiger partial charge in [0.15, 0.2) is 11.3 Å². The smallest absolute Gasteiger partial charge is 0.504 e. The fourth-order valence-electron chi connectivity index (χ4n) is 1.11. The summed E-state index contributed by atoms with van der Waals surface area (Å²) in [5.74, 6) is -0.711. The molecule has 1 heterocycles. The fraction of sp³-hybridized carbons (Fsp3) is 0.400. The van der Waals surface area contributed by atoms with Crippen molar-refractivity contribution in [3.63, 3.8) is 0 Å². The molecule has 9 heteroatoms. The van der Waals surface area contributed by atoms with Crippen LogP contribution in [-0.4, -0.2) is 75.7 Å². The van der Waals surface area contributed by atoms with E-state index in [2.05, 4.69) is 0 Å². The van der Waals surface area contributed by atoms with Crippen molar-refractivity contribution in [2.24, 2.45) is 0 Å². The average Bonchev–Trinajstić information content (AvgIpc) is 2.57. The zero-order valence-electron chi connectivity index (χ0n) is 14.2. The number of aliphatic hydroxyl groups is 4. The molecule has 0 fully saturated rings. The van der Waals surface area contributed by atoms with Gasteiger partial charge in [0.05, 0.1) is 0 Å². The van der Waals surface area contributed by atoms with E-state index in [1.54, 1.807) is 19.9 Å². The van der Waals surface area contributed by atoms with Gasteiger partial charge in [-0.1, -0.05) is 0 Å². The van der Waals surface area contributed by atoms with Gasteiger partial charge in [-0.15, -0.1) is 0 Å². The molecule has 0 spiro atoms. The summed E-state index contributed by atoms with van der Waals surface area (Å²) in [4.78, 5) is 10.8. The van der Waals surface area contributed by atoms with Crippen molar-refractivity contribution in [2.75, 3.05) is 27.4 Å². The van der Waals surface area contributed by atoms with Crippen molar-refractivity contribution in [1.82, 2.24) is 0 Å². The van der Waals surface area contributed by atoms with Crippen molar-refractivity contribution in [3.05, 3.63) is 34.7 Å². The van der Waals surface area contributed by atoms with Crippen LogP contribution in [0.15, 0.2) is 33.5 Å². The van der Waals surface area contributed by atoms with Gasteiger partial charge in [0.1, 0.15) is 0 Å². The molecule has 0 saturated heterocycles. The standard InChI is InChI=1S/C9H6O4.2C2H6O.2CH4O.Ge/c10-6-3-1-5-2-4-7(11)13-9(5)8(6)12;2*1-2-3;2*1-2;/h1-4,10,12H;2*3H,2H2,1H3;2*2H,1H3;/q;;;;;+4. The van der Waals surface area contributed by atoms with Gasteiger partial charge in [0.25, 0.3) is 0 Å². The maximum atomic E-state index is 10.8. The third-order valence-corrected chi connectivity index (χ3v) is 1.74. The second kappa shape index (κ2) is 21.4. The minimum absolute atomic E-state index is 0. The van der Waals surface area contributed by atoms with E-state index >= 15 is 0 Å². The van der Waals surface area contributed by atoms with E-state index in [1.165, 1.54) is 18.2 Å². The summed E-state index contributed by atoms with van der Waals surface area (Å²) >= 11 is 0. The van der Waals surface area contributed by atoms with E-state index in [-0.39, 0.29) is 42.1 Å². The van der Waals surface area contributed by atoms with Crippen LogP contribution in [0.3, 0.4) is 0 Å². The number of aliphatic hydroxyl groups excluding tert-OH is 4. The number of hydrogen-bond donors (Lipinski definition) is 6. The monoisotopic (exact) mass is 408 g/mol. The van der Waals surface area contributed by atoms with Crippen molar-refractivity contribution >= 4 is 28.6 Å². The molecule has 6 N–H and O–H groups in total. The molecular weight excluding hydrogens is 381 g/mol. The van der Waals surface area contributed by atoms with Crippen LogP contribution in [0.1, 0.15) is 13.8 Å². The summed E-state index contributed by atoms with van der Waals surface area (Å²) in [5.41, 5.74) is -0.555. The molecule has 1 aromatic carbocycles. The van der Waals surface area contributed by atoms with Gasteiger partial charge in [0, 0.05) is 38.9 Å². The molecule has 0 aliphatic heterocycles. The van der Waals surface area contributed by atoms with E-state index in [1.807, 2.05) is 0 Å². The van der Waals surface area contributed by atoms with Crippen LogP contribution >= 0.6 is 0 Å². The van der Waals surface area contributed by atoms with Gasteiger partial charge in [0.2, 0.25) is 5.75 Å². The van der Waals surface area contributed by atoms with E-state index in [0.717, 1.165) is 14.2 Å². The quantitative estimate of drug-likeness (QED) is 0.204. The van der Waals surface area contributed by atoms with Crippen LogP contribution in [-0.2, 0) is 0 Å². The van der Waals surface area contributed by atoms with Gasteiger partial charge >= 0.3 is 23.2 Å². The molecule has 0 radical (unpaired) electrons. The first-order chi connectivity index (χ1) is 11.0. The van der Waals surface area contributed by atoms with Crippen LogP contribution in [0.5, 0.6) is 11.5 Å². The maximum absolute atomic E-state index is 10.8. The molecule has 0 saturated carbocycles. The molecule has 0 aliphatic carbocycles. The first kappa shape index (κ1) is 30.3. The van der Waals surface area contributed by atoms with E-state index in [0.29, 0.717) is 5.39 Å². The number of fused-ring (bicyclic) bond motifs is 1. The van der Waals surface area contributed by atoms with E-state index < -0.39 is 11.4 Å². The predicted octanol–water partition coefficient (Wildman–Crippen LogP) is 0.0376. The molecule has 0 bridgehead atoms. The zero-order valence-corrected chi connectivity index (χ0v) is 16.3. The molecule has 134 valence electrons. The Kier molecular flexibility index (Phi) is 27.0. The van der Waals surface area contributed by atoms with Crippen LogP contribution in [0, 0.1) is 0 Å². The molecular formula is C15H26GeO8+4.